The van der Waals surface area contributed by atoms with Crippen LogP contribution in [0.4, 0.5) is 0 Å². The molecule has 0 aliphatic carbocycles. The van der Waals surface area contributed by atoms with Gasteiger partial charge in [-0.15, -0.1) is 10.2 Å². The van der Waals surface area contributed by atoms with E-state index >= 15 is 0 Å². The van der Waals surface area contributed by atoms with Crippen LogP contribution >= 0.6 is 11.6 Å². The highest BCUT2D eigenvalue weighted by molar-refractivity contribution is 6.30. The maximum absolute atomic E-state index is 12.1. The SMILES string of the molecule is COc1ccc(Cl)cc1CC(=O)NNC(=O)Cn1nnc(-c2ccccc2)n1. The Kier molecular flexibility index (Phi) is 6.18. The molecule has 0 unspecified atom stereocenters. The number of amides is 2. The first-order valence-corrected chi connectivity index (χ1v) is 8.66. The fraction of sp³-hybridized carbons (Fsp3) is 0.167. The fourth-order valence-electron chi connectivity index (χ4n) is 2.42. The number of ether oxygens (including phenoxy) is 1. The van der Waals surface area contributed by atoms with Gasteiger partial charge in [0.15, 0.2) is 0 Å². The van der Waals surface area contributed by atoms with Crippen LogP contribution in [0.25, 0.3) is 11.4 Å². The van der Waals surface area contributed by atoms with Crippen molar-refractivity contribution < 1.29 is 14.3 Å². The standard InChI is InChI=1S/C18H17ClN6O3/c1-28-15-8-7-14(19)9-13(15)10-16(26)20-21-17(27)11-25-23-18(22-24-25)12-5-3-2-4-6-12/h2-9H,10-11H2,1H3,(H,20,26)(H,21,27). The molecule has 28 heavy (non-hydrogen) atoms. The molecular weight excluding hydrogens is 384 g/mol. The lowest BCUT2D eigenvalue weighted by molar-refractivity contribution is -0.129. The predicted octanol–water partition coefficient (Wildman–Crippen LogP) is 1.39. The predicted molar refractivity (Wildman–Crippen MR) is 101 cm³/mol. The number of benzene rings is 2. The molecule has 0 aliphatic rings. The van der Waals surface area contributed by atoms with Crippen LogP contribution in [0.2, 0.25) is 5.02 Å². The molecule has 2 amide bonds. The van der Waals surface area contributed by atoms with E-state index in [2.05, 4.69) is 26.3 Å². The number of tetrazole rings is 1. The molecule has 0 bridgehead atoms. The van der Waals surface area contributed by atoms with Crippen molar-refractivity contribution in [2.45, 2.75) is 13.0 Å². The molecule has 0 aliphatic heterocycles. The molecule has 0 saturated heterocycles. The van der Waals surface area contributed by atoms with E-state index in [1.54, 1.807) is 18.2 Å². The van der Waals surface area contributed by atoms with Gasteiger partial charge in [-0.3, -0.25) is 20.4 Å². The highest BCUT2D eigenvalue weighted by Crippen LogP contribution is 2.22. The molecule has 0 fully saturated rings. The van der Waals surface area contributed by atoms with Gasteiger partial charge < -0.3 is 4.74 Å². The molecule has 1 heterocycles. The molecule has 3 aromatic rings. The average Bonchev–Trinajstić information content (AvgIpc) is 3.16. The maximum Gasteiger partial charge on any atom is 0.262 e. The molecule has 144 valence electrons. The van der Waals surface area contributed by atoms with E-state index in [1.807, 2.05) is 30.3 Å². The van der Waals surface area contributed by atoms with Crippen molar-refractivity contribution in [1.82, 2.24) is 31.1 Å². The summed E-state index contributed by atoms with van der Waals surface area (Å²) in [5.41, 5.74) is 6.04. The zero-order valence-electron chi connectivity index (χ0n) is 14.9. The second-order valence-electron chi connectivity index (χ2n) is 5.74. The van der Waals surface area contributed by atoms with Crippen LogP contribution in [-0.4, -0.2) is 39.1 Å². The number of rotatable bonds is 6. The third-order valence-corrected chi connectivity index (χ3v) is 3.94. The third-order valence-electron chi connectivity index (χ3n) is 3.70. The van der Waals surface area contributed by atoms with Gasteiger partial charge in [0.1, 0.15) is 12.3 Å². The Labute approximate surface area is 165 Å². The number of hydrogen-bond donors (Lipinski definition) is 2. The van der Waals surface area contributed by atoms with Crippen LogP contribution in [0.3, 0.4) is 0 Å². The smallest absolute Gasteiger partial charge is 0.262 e. The Bertz CT molecular complexity index is 976. The molecule has 0 radical (unpaired) electrons. The topological polar surface area (TPSA) is 111 Å². The van der Waals surface area contributed by atoms with Gasteiger partial charge >= 0.3 is 0 Å². The van der Waals surface area contributed by atoms with E-state index in [9.17, 15) is 9.59 Å². The van der Waals surface area contributed by atoms with Gasteiger partial charge in [-0.25, -0.2) is 0 Å². The highest BCUT2D eigenvalue weighted by atomic mass is 35.5. The van der Waals surface area contributed by atoms with E-state index in [0.29, 0.717) is 22.2 Å². The lowest BCUT2D eigenvalue weighted by atomic mass is 10.1. The van der Waals surface area contributed by atoms with Crippen molar-refractivity contribution in [3.63, 3.8) is 0 Å². The third kappa shape index (κ3) is 5.04. The van der Waals surface area contributed by atoms with Gasteiger partial charge in [-0.1, -0.05) is 41.9 Å². The lowest BCUT2D eigenvalue weighted by Gasteiger charge is -2.10. The quantitative estimate of drug-likeness (QED) is 0.605. The number of nitrogens with one attached hydrogen (secondary N) is 2. The summed E-state index contributed by atoms with van der Waals surface area (Å²) in [5, 5.41) is 12.4. The molecule has 3 rings (SSSR count). The lowest BCUT2D eigenvalue weighted by Crippen LogP contribution is -2.44. The summed E-state index contributed by atoms with van der Waals surface area (Å²) in [6.07, 6.45) is -0.0102. The zero-order valence-corrected chi connectivity index (χ0v) is 15.7. The minimum atomic E-state index is -0.497. The molecule has 0 spiro atoms. The molecule has 0 saturated carbocycles. The first-order valence-electron chi connectivity index (χ1n) is 8.28. The van der Waals surface area contributed by atoms with Crippen LogP contribution in [0, 0.1) is 0 Å². The average molecular weight is 401 g/mol. The number of hydrazine groups is 1. The molecule has 1 aromatic heterocycles. The van der Waals surface area contributed by atoms with Gasteiger partial charge in [-0.2, -0.15) is 4.80 Å². The van der Waals surface area contributed by atoms with Crippen LogP contribution < -0.4 is 15.6 Å². The van der Waals surface area contributed by atoms with Crippen molar-refractivity contribution in [1.29, 1.82) is 0 Å². The summed E-state index contributed by atoms with van der Waals surface area (Å²) in [6.45, 7) is -0.194. The number of aromatic nitrogens is 4. The Morgan fingerprint density at radius 2 is 1.86 bits per heavy atom. The molecule has 2 aromatic carbocycles. The number of hydrogen-bond acceptors (Lipinski definition) is 6. The first-order chi connectivity index (χ1) is 13.5. The van der Waals surface area contributed by atoms with Crippen molar-refractivity contribution >= 4 is 23.4 Å². The van der Waals surface area contributed by atoms with Crippen molar-refractivity contribution in [3.8, 4) is 17.1 Å². The fourth-order valence-corrected chi connectivity index (χ4v) is 2.62. The normalized spacial score (nSPS) is 10.4. The monoisotopic (exact) mass is 400 g/mol. The summed E-state index contributed by atoms with van der Waals surface area (Å²) in [5.74, 6) is 0.0190. The van der Waals surface area contributed by atoms with Crippen LogP contribution in [0.5, 0.6) is 5.75 Å². The van der Waals surface area contributed by atoms with Gasteiger partial charge in [0.25, 0.3) is 5.91 Å². The number of nitrogens with zero attached hydrogens (tertiary/aromatic N) is 4. The Hall–Kier alpha value is -3.46. The van der Waals surface area contributed by atoms with E-state index in [4.69, 9.17) is 16.3 Å². The second kappa shape index (κ2) is 8.96. The number of halogens is 1. The largest absolute Gasteiger partial charge is 0.496 e. The van der Waals surface area contributed by atoms with Crippen molar-refractivity contribution in [2.75, 3.05) is 7.11 Å². The van der Waals surface area contributed by atoms with Crippen molar-refractivity contribution in [3.05, 3.63) is 59.1 Å². The van der Waals surface area contributed by atoms with Gasteiger partial charge in [-0.05, 0) is 23.4 Å². The maximum atomic E-state index is 12.1. The summed E-state index contributed by atoms with van der Waals surface area (Å²) >= 11 is 5.94. The van der Waals surface area contributed by atoms with Crippen LogP contribution in [0.15, 0.2) is 48.5 Å². The van der Waals surface area contributed by atoms with Gasteiger partial charge in [0, 0.05) is 16.1 Å². The summed E-state index contributed by atoms with van der Waals surface area (Å²) < 4.78 is 5.19. The Morgan fingerprint density at radius 1 is 1.11 bits per heavy atom. The molecule has 9 nitrogen and oxygen atoms in total. The molecule has 10 heteroatoms. The number of methoxy groups -OCH3 is 1. The van der Waals surface area contributed by atoms with Crippen LogP contribution in [-0.2, 0) is 22.6 Å². The minimum Gasteiger partial charge on any atom is -0.496 e. The Morgan fingerprint density at radius 3 is 2.61 bits per heavy atom. The zero-order chi connectivity index (χ0) is 19.9. The molecule has 0 atom stereocenters. The van der Waals surface area contributed by atoms with E-state index < -0.39 is 11.8 Å². The summed E-state index contributed by atoms with van der Waals surface area (Å²) in [7, 11) is 1.50. The minimum absolute atomic E-state index is 0.0102. The summed E-state index contributed by atoms with van der Waals surface area (Å²) in [4.78, 5) is 25.2. The summed E-state index contributed by atoms with van der Waals surface area (Å²) in [6, 6.07) is 14.2. The number of carbonyl (C=O) groups is 2. The first kappa shape index (κ1) is 19.3. The Balaban J connectivity index is 1.51. The van der Waals surface area contributed by atoms with Gasteiger partial charge in [0.2, 0.25) is 11.7 Å². The van der Waals surface area contributed by atoms with Crippen LogP contribution in [0.1, 0.15) is 5.56 Å². The van der Waals surface area contributed by atoms with Gasteiger partial charge in [0.05, 0.1) is 13.5 Å². The van der Waals surface area contributed by atoms with Crippen molar-refractivity contribution in [2.24, 2.45) is 0 Å². The molecular formula is C18H17ClN6O3. The van der Waals surface area contributed by atoms with E-state index in [0.717, 1.165) is 10.4 Å². The number of carbonyl (C=O) groups excluding carboxylic acids is 2. The van der Waals surface area contributed by atoms with E-state index in [-0.39, 0.29) is 13.0 Å². The second-order valence-corrected chi connectivity index (χ2v) is 6.18. The highest BCUT2D eigenvalue weighted by Gasteiger charge is 2.12. The van der Waals surface area contributed by atoms with E-state index in [1.165, 1.54) is 7.11 Å². The molecule has 2 N–H and O–H groups in total.